The summed E-state index contributed by atoms with van der Waals surface area (Å²) < 4.78 is 27.8. The van der Waals surface area contributed by atoms with Crippen molar-refractivity contribution >= 4 is 34.5 Å². The smallest absolute Gasteiger partial charge is 0.182 e. The van der Waals surface area contributed by atoms with Crippen molar-refractivity contribution in [1.82, 2.24) is 0 Å². The Hall–Kier alpha value is -1.72. The van der Waals surface area contributed by atoms with E-state index in [2.05, 4.69) is 17.5 Å². The number of hydrogen-bond donors (Lipinski definition) is 2. The van der Waals surface area contributed by atoms with E-state index < -0.39 is 11.6 Å². The molecule has 0 spiro atoms. The van der Waals surface area contributed by atoms with Crippen LogP contribution in [0, 0.1) is 11.6 Å². The van der Waals surface area contributed by atoms with Crippen molar-refractivity contribution in [3.05, 3.63) is 64.2 Å². The second kappa shape index (κ2) is 6.37. The maximum Gasteiger partial charge on any atom is 0.182 e. The van der Waals surface area contributed by atoms with Gasteiger partial charge in [-0.2, -0.15) is 0 Å². The fraction of sp³-hybridized carbons (Fsp3) is 0.133. The molecule has 0 aliphatic heterocycles. The lowest BCUT2D eigenvalue weighted by atomic mass is 10.1. The van der Waals surface area contributed by atoms with Crippen LogP contribution in [0.3, 0.4) is 0 Å². The minimum absolute atomic E-state index is 0.0416. The van der Waals surface area contributed by atoms with Crippen LogP contribution in [0.15, 0.2) is 36.4 Å². The van der Waals surface area contributed by atoms with Crippen LogP contribution in [0.2, 0.25) is 5.02 Å². The standard InChI is InChI=1S/C15H13ClF2N2S/c1-8(9-3-2-4-10(16)7-9)20-12-6-5-11(15(19)21)13(17)14(12)18/h2-8,20H,1H3,(H2,19,21). The lowest BCUT2D eigenvalue weighted by Gasteiger charge is -2.17. The Morgan fingerprint density at radius 2 is 1.95 bits per heavy atom. The van der Waals surface area contributed by atoms with Crippen LogP contribution in [0.5, 0.6) is 0 Å². The summed E-state index contributed by atoms with van der Waals surface area (Å²) in [5.74, 6) is -2.06. The Bertz CT molecular complexity index is 691. The maximum absolute atomic E-state index is 14.0. The number of benzene rings is 2. The van der Waals surface area contributed by atoms with Crippen LogP contribution in [-0.4, -0.2) is 4.99 Å². The number of thiocarbonyl (C=S) groups is 1. The monoisotopic (exact) mass is 326 g/mol. The summed E-state index contributed by atoms with van der Waals surface area (Å²) in [5.41, 5.74) is 6.13. The number of rotatable bonds is 4. The molecule has 0 amide bonds. The van der Waals surface area contributed by atoms with E-state index in [9.17, 15) is 8.78 Å². The van der Waals surface area contributed by atoms with Crippen molar-refractivity contribution in [1.29, 1.82) is 0 Å². The maximum atomic E-state index is 14.0. The number of nitrogens with one attached hydrogen (secondary N) is 1. The normalized spacial score (nSPS) is 12.0. The van der Waals surface area contributed by atoms with Gasteiger partial charge in [0.25, 0.3) is 0 Å². The Morgan fingerprint density at radius 3 is 2.57 bits per heavy atom. The molecule has 2 nitrogen and oxygen atoms in total. The number of hydrogen-bond acceptors (Lipinski definition) is 2. The van der Waals surface area contributed by atoms with Gasteiger partial charge in [0.05, 0.1) is 5.69 Å². The first kappa shape index (κ1) is 15.7. The molecule has 3 N–H and O–H groups in total. The van der Waals surface area contributed by atoms with Gasteiger partial charge in [0, 0.05) is 16.6 Å². The van der Waals surface area contributed by atoms with Gasteiger partial charge in [-0.3, -0.25) is 0 Å². The van der Waals surface area contributed by atoms with Crippen LogP contribution >= 0.6 is 23.8 Å². The van der Waals surface area contributed by atoms with Gasteiger partial charge in [-0.25, -0.2) is 8.78 Å². The molecule has 0 saturated carbocycles. The van der Waals surface area contributed by atoms with Crippen LogP contribution in [0.25, 0.3) is 0 Å². The first-order valence-corrected chi connectivity index (χ1v) is 6.98. The van der Waals surface area contributed by atoms with Gasteiger partial charge in [-0.05, 0) is 36.8 Å². The third-order valence-corrected chi connectivity index (χ3v) is 3.52. The third-order valence-electron chi connectivity index (χ3n) is 3.07. The van der Waals surface area contributed by atoms with Gasteiger partial charge in [-0.1, -0.05) is 36.0 Å². The zero-order valence-corrected chi connectivity index (χ0v) is 12.7. The molecule has 0 aliphatic rings. The average Bonchev–Trinajstić information content (AvgIpc) is 2.43. The summed E-state index contributed by atoms with van der Waals surface area (Å²) in [4.78, 5) is -0.180. The van der Waals surface area contributed by atoms with Gasteiger partial charge in [0.1, 0.15) is 4.99 Å². The summed E-state index contributed by atoms with van der Waals surface area (Å²) in [5, 5.41) is 3.48. The first-order chi connectivity index (χ1) is 9.90. The molecule has 21 heavy (non-hydrogen) atoms. The van der Waals surface area contributed by atoms with Crippen LogP contribution in [0.1, 0.15) is 24.1 Å². The molecule has 0 fully saturated rings. The predicted octanol–water partition coefficient (Wildman–Crippen LogP) is 4.43. The molecule has 0 aliphatic carbocycles. The third kappa shape index (κ3) is 3.49. The largest absolute Gasteiger partial charge is 0.389 e. The van der Waals surface area contributed by atoms with E-state index in [1.165, 1.54) is 12.1 Å². The minimum atomic E-state index is -1.05. The van der Waals surface area contributed by atoms with Crippen LogP contribution < -0.4 is 11.1 Å². The zero-order chi connectivity index (χ0) is 15.6. The highest BCUT2D eigenvalue weighted by molar-refractivity contribution is 7.80. The van der Waals surface area contributed by atoms with Crippen molar-refractivity contribution < 1.29 is 8.78 Å². The molecule has 1 atom stereocenters. The highest BCUT2D eigenvalue weighted by Gasteiger charge is 2.16. The fourth-order valence-electron chi connectivity index (χ4n) is 1.94. The molecule has 2 aromatic rings. The van der Waals surface area contributed by atoms with E-state index in [1.54, 1.807) is 18.2 Å². The van der Waals surface area contributed by atoms with Crippen molar-refractivity contribution in [3.8, 4) is 0 Å². The Kier molecular flexibility index (Phi) is 4.75. The molecule has 0 bridgehead atoms. The summed E-state index contributed by atoms with van der Waals surface area (Å²) in [6.45, 7) is 1.82. The summed E-state index contributed by atoms with van der Waals surface area (Å²) in [6.07, 6.45) is 0. The van der Waals surface area contributed by atoms with Gasteiger partial charge < -0.3 is 11.1 Å². The molecule has 0 aromatic heterocycles. The molecule has 2 aromatic carbocycles. The summed E-state index contributed by atoms with van der Waals surface area (Å²) in [7, 11) is 0. The van der Waals surface area contributed by atoms with E-state index >= 15 is 0 Å². The van der Waals surface area contributed by atoms with Crippen molar-refractivity contribution in [2.24, 2.45) is 5.73 Å². The number of nitrogens with two attached hydrogens (primary N) is 1. The quantitative estimate of drug-likeness (QED) is 0.816. The zero-order valence-electron chi connectivity index (χ0n) is 11.2. The Morgan fingerprint density at radius 1 is 1.24 bits per heavy atom. The lowest BCUT2D eigenvalue weighted by molar-refractivity contribution is 0.508. The van der Waals surface area contributed by atoms with E-state index in [-0.39, 0.29) is 22.3 Å². The molecule has 0 radical (unpaired) electrons. The first-order valence-electron chi connectivity index (χ1n) is 6.20. The van der Waals surface area contributed by atoms with Crippen molar-refractivity contribution in [2.75, 3.05) is 5.32 Å². The van der Waals surface area contributed by atoms with Gasteiger partial charge in [0.2, 0.25) is 0 Å². The average molecular weight is 327 g/mol. The molecular weight excluding hydrogens is 314 g/mol. The topological polar surface area (TPSA) is 38.0 Å². The van der Waals surface area contributed by atoms with Crippen LogP contribution in [-0.2, 0) is 0 Å². The van der Waals surface area contributed by atoms with Crippen molar-refractivity contribution in [2.45, 2.75) is 13.0 Å². The summed E-state index contributed by atoms with van der Waals surface area (Å²) in [6, 6.07) is 9.67. The van der Waals surface area contributed by atoms with E-state index in [1.807, 2.05) is 13.0 Å². The molecule has 1 unspecified atom stereocenters. The van der Waals surface area contributed by atoms with Gasteiger partial charge in [0.15, 0.2) is 11.6 Å². The van der Waals surface area contributed by atoms with Gasteiger partial charge >= 0.3 is 0 Å². The lowest BCUT2D eigenvalue weighted by Crippen LogP contribution is -2.15. The summed E-state index contributed by atoms with van der Waals surface area (Å²) >= 11 is 10.6. The highest BCUT2D eigenvalue weighted by Crippen LogP contribution is 2.26. The van der Waals surface area contributed by atoms with E-state index in [4.69, 9.17) is 17.3 Å². The fourth-order valence-corrected chi connectivity index (χ4v) is 2.30. The second-order valence-corrected chi connectivity index (χ2v) is 5.45. The Labute approximate surface area is 131 Å². The number of halogens is 3. The molecular formula is C15H13ClF2N2S. The minimum Gasteiger partial charge on any atom is -0.389 e. The predicted molar refractivity (Wildman–Crippen MR) is 85.7 cm³/mol. The number of anilines is 1. The van der Waals surface area contributed by atoms with Gasteiger partial charge in [-0.15, -0.1) is 0 Å². The highest BCUT2D eigenvalue weighted by atomic mass is 35.5. The second-order valence-electron chi connectivity index (χ2n) is 4.57. The van der Waals surface area contributed by atoms with Crippen LogP contribution in [0.4, 0.5) is 14.5 Å². The molecule has 0 heterocycles. The Balaban J connectivity index is 2.28. The SMILES string of the molecule is CC(Nc1ccc(C(N)=S)c(F)c1F)c1cccc(Cl)c1. The van der Waals surface area contributed by atoms with Crippen molar-refractivity contribution in [3.63, 3.8) is 0 Å². The molecule has 6 heteroatoms. The molecule has 2 rings (SSSR count). The molecule has 0 saturated heterocycles. The van der Waals surface area contributed by atoms with E-state index in [0.29, 0.717) is 5.02 Å². The molecule has 110 valence electrons. The van der Waals surface area contributed by atoms with E-state index in [0.717, 1.165) is 5.56 Å².